The fourth-order valence-electron chi connectivity index (χ4n) is 7.59. The monoisotopic (exact) mass is 344 g/mol. The molecule has 4 rings (SSSR count). The van der Waals surface area contributed by atoms with E-state index in [1.54, 1.807) is 6.92 Å². The van der Waals surface area contributed by atoms with Gasteiger partial charge in [-0.25, -0.2) is 0 Å². The summed E-state index contributed by atoms with van der Waals surface area (Å²) in [5, 5.41) is 11.3. The number of hydrogen-bond donors (Lipinski definition) is 1. The number of Topliss-reactive ketones (excluding diaryl/α,β-unsaturated/α-hetero) is 1. The van der Waals surface area contributed by atoms with Crippen LogP contribution in [0, 0.1) is 40.4 Å². The van der Waals surface area contributed by atoms with E-state index >= 15 is 0 Å². The van der Waals surface area contributed by atoms with Gasteiger partial charge in [-0.2, -0.15) is 0 Å². The standard InChI is InChI=1S/C22H32O3/c1-12-18-11-14(24)7-9-22(18,4)17-8-10-21(3)15(13(2)23)5-6-16(21)19(17)20(12)25/h11-12,15-17,19-20,25H,5-10H2,1-4H3/t12?,15-,16+,17+,19+,20?,21-,22-/m1/s1. The molecule has 0 aromatic heterocycles. The summed E-state index contributed by atoms with van der Waals surface area (Å²) in [4.78, 5) is 24.3. The first-order chi connectivity index (χ1) is 11.7. The normalized spacial score (nSPS) is 52.0. The number of carbonyl (C=O) groups is 2. The maximum atomic E-state index is 12.2. The van der Waals surface area contributed by atoms with Gasteiger partial charge in [-0.3, -0.25) is 9.59 Å². The van der Waals surface area contributed by atoms with Crippen LogP contribution in [0.5, 0.6) is 0 Å². The van der Waals surface area contributed by atoms with Crippen LogP contribution in [-0.2, 0) is 9.59 Å². The second-order valence-electron chi connectivity index (χ2n) is 9.84. The predicted octanol–water partition coefficient (Wildman–Crippen LogP) is 3.94. The Hall–Kier alpha value is -0.960. The molecule has 4 aliphatic carbocycles. The van der Waals surface area contributed by atoms with Gasteiger partial charge in [0, 0.05) is 18.3 Å². The molecule has 0 aromatic carbocycles. The Balaban J connectivity index is 1.76. The SMILES string of the molecule is CC(=O)[C@H]1CC[C@H]2[C@@H]3C(O)C(C)C4=CC(=O)CC[C@]4(C)[C@H]3CC[C@]12C. The molecule has 3 saturated carbocycles. The lowest BCUT2D eigenvalue weighted by molar-refractivity contribution is -0.141. The highest BCUT2D eigenvalue weighted by Crippen LogP contribution is 2.67. The van der Waals surface area contributed by atoms with E-state index in [1.165, 1.54) is 5.57 Å². The molecule has 4 aliphatic rings. The quantitative estimate of drug-likeness (QED) is 0.784. The zero-order valence-corrected chi connectivity index (χ0v) is 16.0. The summed E-state index contributed by atoms with van der Waals surface area (Å²) in [6, 6.07) is 0. The lowest BCUT2D eigenvalue weighted by atomic mass is 9.44. The zero-order valence-electron chi connectivity index (χ0n) is 16.0. The van der Waals surface area contributed by atoms with Crippen molar-refractivity contribution in [2.24, 2.45) is 40.4 Å². The first kappa shape index (κ1) is 17.5. The summed E-state index contributed by atoms with van der Waals surface area (Å²) < 4.78 is 0. The Bertz CT molecular complexity index is 650. The van der Waals surface area contributed by atoms with Gasteiger partial charge in [0.15, 0.2) is 5.78 Å². The van der Waals surface area contributed by atoms with Gasteiger partial charge in [0.2, 0.25) is 0 Å². The number of hydrogen-bond acceptors (Lipinski definition) is 3. The van der Waals surface area contributed by atoms with E-state index in [4.69, 9.17) is 0 Å². The van der Waals surface area contributed by atoms with Crippen LogP contribution in [0.4, 0.5) is 0 Å². The minimum absolute atomic E-state index is 0.0485. The van der Waals surface area contributed by atoms with Gasteiger partial charge in [0.05, 0.1) is 6.10 Å². The van der Waals surface area contributed by atoms with Gasteiger partial charge in [0.25, 0.3) is 0 Å². The van der Waals surface area contributed by atoms with E-state index in [9.17, 15) is 14.7 Å². The summed E-state index contributed by atoms with van der Waals surface area (Å²) in [5.74, 6) is 1.93. The highest BCUT2D eigenvalue weighted by atomic mass is 16.3. The molecular formula is C22H32O3. The van der Waals surface area contributed by atoms with Crippen molar-refractivity contribution in [1.29, 1.82) is 0 Å². The predicted molar refractivity (Wildman–Crippen MR) is 96.8 cm³/mol. The Morgan fingerprint density at radius 3 is 2.56 bits per heavy atom. The fourth-order valence-corrected chi connectivity index (χ4v) is 7.59. The molecule has 0 aromatic rings. The molecular weight excluding hydrogens is 312 g/mol. The summed E-state index contributed by atoms with van der Waals surface area (Å²) in [6.45, 7) is 8.50. The molecule has 0 heterocycles. The van der Waals surface area contributed by atoms with Gasteiger partial charge in [-0.1, -0.05) is 26.3 Å². The fraction of sp³-hybridized carbons (Fsp3) is 0.818. The Morgan fingerprint density at radius 1 is 1.16 bits per heavy atom. The first-order valence-electron chi connectivity index (χ1n) is 10.1. The molecule has 3 nitrogen and oxygen atoms in total. The average molecular weight is 344 g/mol. The van der Waals surface area contributed by atoms with Crippen molar-refractivity contribution < 1.29 is 14.7 Å². The van der Waals surface area contributed by atoms with Crippen molar-refractivity contribution in [2.45, 2.75) is 72.3 Å². The highest BCUT2D eigenvalue weighted by molar-refractivity contribution is 5.91. The molecule has 0 spiro atoms. The molecule has 0 aliphatic heterocycles. The van der Waals surface area contributed by atoms with E-state index in [-0.39, 0.29) is 40.5 Å². The Morgan fingerprint density at radius 2 is 1.88 bits per heavy atom. The molecule has 8 atom stereocenters. The van der Waals surface area contributed by atoms with Gasteiger partial charge < -0.3 is 5.11 Å². The third-order valence-electron chi connectivity index (χ3n) is 8.91. The molecule has 0 amide bonds. The van der Waals surface area contributed by atoms with Crippen molar-refractivity contribution in [3.05, 3.63) is 11.6 Å². The number of aliphatic hydroxyl groups excluding tert-OH is 1. The summed E-state index contributed by atoms with van der Waals surface area (Å²) >= 11 is 0. The van der Waals surface area contributed by atoms with Gasteiger partial charge >= 0.3 is 0 Å². The number of fused-ring (bicyclic) bond motifs is 5. The van der Waals surface area contributed by atoms with E-state index in [0.717, 1.165) is 32.1 Å². The van der Waals surface area contributed by atoms with Crippen LogP contribution in [0.2, 0.25) is 0 Å². The number of aliphatic hydroxyl groups is 1. The molecule has 0 radical (unpaired) electrons. The van der Waals surface area contributed by atoms with Crippen LogP contribution in [0.25, 0.3) is 0 Å². The Labute approximate surface area is 151 Å². The van der Waals surface area contributed by atoms with E-state index in [2.05, 4.69) is 20.8 Å². The molecule has 3 heteroatoms. The molecule has 1 N–H and O–H groups in total. The molecule has 2 unspecified atom stereocenters. The van der Waals surface area contributed by atoms with Crippen LogP contribution in [0.15, 0.2) is 11.6 Å². The minimum Gasteiger partial charge on any atom is -0.392 e. The Kier molecular flexibility index (Phi) is 3.85. The highest BCUT2D eigenvalue weighted by Gasteiger charge is 2.63. The van der Waals surface area contributed by atoms with Crippen molar-refractivity contribution in [2.75, 3.05) is 0 Å². The van der Waals surface area contributed by atoms with Crippen LogP contribution >= 0.6 is 0 Å². The molecule has 25 heavy (non-hydrogen) atoms. The minimum atomic E-state index is -0.384. The van der Waals surface area contributed by atoms with Gasteiger partial charge in [-0.05, 0) is 73.7 Å². The molecule has 0 bridgehead atoms. The third kappa shape index (κ3) is 2.20. The second kappa shape index (κ2) is 5.52. The van der Waals surface area contributed by atoms with Crippen LogP contribution in [0.1, 0.15) is 66.2 Å². The summed E-state index contributed by atoms with van der Waals surface area (Å²) in [6.07, 6.45) is 7.26. The number of carbonyl (C=O) groups excluding carboxylic acids is 2. The third-order valence-corrected chi connectivity index (χ3v) is 8.91. The van der Waals surface area contributed by atoms with Crippen LogP contribution in [-0.4, -0.2) is 22.8 Å². The first-order valence-corrected chi connectivity index (χ1v) is 10.1. The largest absolute Gasteiger partial charge is 0.392 e. The van der Waals surface area contributed by atoms with Crippen molar-refractivity contribution in [1.82, 2.24) is 0 Å². The van der Waals surface area contributed by atoms with Crippen molar-refractivity contribution in [3.63, 3.8) is 0 Å². The molecule has 138 valence electrons. The average Bonchev–Trinajstić information content (AvgIpc) is 2.91. The molecule has 0 saturated heterocycles. The summed E-state index contributed by atoms with van der Waals surface area (Å²) in [5.41, 5.74) is 1.30. The number of ketones is 2. The zero-order chi connectivity index (χ0) is 18.1. The lowest BCUT2D eigenvalue weighted by Crippen LogP contribution is -2.58. The maximum Gasteiger partial charge on any atom is 0.155 e. The van der Waals surface area contributed by atoms with Gasteiger partial charge in [-0.15, -0.1) is 0 Å². The summed E-state index contributed by atoms with van der Waals surface area (Å²) in [7, 11) is 0. The van der Waals surface area contributed by atoms with E-state index in [0.29, 0.717) is 24.0 Å². The van der Waals surface area contributed by atoms with Crippen LogP contribution in [0.3, 0.4) is 0 Å². The van der Waals surface area contributed by atoms with E-state index in [1.807, 2.05) is 6.08 Å². The second-order valence-corrected chi connectivity index (χ2v) is 9.84. The van der Waals surface area contributed by atoms with Crippen LogP contribution < -0.4 is 0 Å². The van der Waals surface area contributed by atoms with Gasteiger partial charge in [0.1, 0.15) is 5.78 Å². The van der Waals surface area contributed by atoms with Crippen molar-refractivity contribution in [3.8, 4) is 0 Å². The van der Waals surface area contributed by atoms with E-state index < -0.39 is 0 Å². The lowest BCUT2D eigenvalue weighted by Gasteiger charge is -2.61. The smallest absolute Gasteiger partial charge is 0.155 e. The molecule has 3 fully saturated rings. The topological polar surface area (TPSA) is 54.4 Å². The maximum absolute atomic E-state index is 12.2. The van der Waals surface area contributed by atoms with Crippen molar-refractivity contribution >= 4 is 11.6 Å². The number of rotatable bonds is 1.